The van der Waals surface area contributed by atoms with Crippen LogP contribution in [-0.2, 0) is 21.9 Å². The smallest absolute Gasteiger partial charge is 0.244 e. The average molecular weight is 380 g/mol. The van der Waals surface area contributed by atoms with E-state index in [0.29, 0.717) is 23.9 Å². The lowest BCUT2D eigenvalue weighted by molar-refractivity contribution is -0.123. The predicted molar refractivity (Wildman–Crippen MR) is 93.4 cm³/mol. The maximum absolute atomic E-state index is 12.5. The Kier molecular flexibility index (Phi) is 6.80. The van der Waals surface area contributed by atoms with Crippen LogP contribution in [0.1, 0.15) is 31.2 Å². The van der Waals surface area contributed by atoms with Crippen LogP contribution in [0, 0.1) is 19.8 Å². The quantitative estimate of drug-likeness (QED) is 0.615. The molecule has 138 valence electrons. The summed E-state index contributed by atoms with van der Waals surface area (Å²) in [6.45, 7) is 5.19. The third kappa shape index (κ3) is 4.47. The van der Waals surface area contributed by atoms with Crippen molar-refractivity contribution in [1.29, 1.82) is 0 Å². The average Bonchev–Trinajstić information content (AvgIpc) is 3.23. The standard InChI is InChI=1S/C14H25N5O3S.ClH/c1-8-13(10(3)19(4)17-8)23(21,22)18-9(2)14(20)16-12(7-15)11-5-6-11;/h9,11-12,18H,5-7,15H2,1-4H3,(H,16,20);1H. The molecule has 1 amide bonds. The molecule has 0 radical (unpaired) electrons. The second kappa shape index (κ2) is 7.81. The van der Waals surface area contributed by atoms with E-state index in [4.69, 9.17) is 5.73 Å². The molecule has 0 saturated heterocycles. The Morgan fingerprint density at radius 2 is 2.00 bits per heavy atom. The lowest BCUT2D eigenvalue weighted by atomic mass is 10.2. The molecule has 2 unspecified atom stereocenters. The Labute approximate surface area is 149 Å². The van der Waals surface area contributed by atoms with Crippen LogP contribution in [-0.4, -0.2) is 42.7 Å². The number of carbonyl (C=O) groups is 1. The van der Waals surface area contributed by atoms with Crippen molar-refractivity contribution in [3.63, 3.8) is 0 Å². The first-order valence-corrected chi connectivity index (χ1v) is 9.18. The topological polar surface area (TPSA) is 119 Å². The van der Waals surface area contributed by atoms with E-state index in [1.54, 1.807) is 20.9 Å². The van der Waals surface area contributed by atoms with E-state index in [2.05, 4.69) is 15.1 Å². The van der Waals surface area contributed by atoms with Gasteiger partial charge in [0.25, 0.3) is 0 Å². The minimum atomic E-state index is -3.82. The summed E-state index contributed by atoms with van der Waals surface area (Å²) in [6, 6.07) is -0.969. The first kappa shape index (κ1) is 20.9. The number of nitrogens with two attached hydrogens (primary N) is 1. The minimum absolute atomic E-state index is 0. The lowest BCUT2D eigenvalue weighted by Crippen LogP contribution is -2.50. The van der Waals surface area contributed by atoms with Crippen molar-refractivity contribution in [3.8, 4) is 0 Å². The van der Waals surface area contributed by atoms with Gasteiger partial charge < -0.3 is 11.1 Å². The number of nitrogens with zero attached hydrogens (tertiary/aromatic N) is 2. The highest BCUT2D eigenvalue weighted by Crippen LogP contribution is 2.32. The third-order valence-electron chi connectivity index (χ3n) is 4.21. The Morgan fingerprint density at radius 1 is 1.42 bits per heavy atom. The molecule has 1 heterocycles. The van der Waals surface area contributed by atoms with Gasteiger partial charge in [-0.3, -0.25) is 9.48 Å². The molecular weight excluding hydrogens is 354 g/mol. The maximum atomic E-state index is 12.5. The number of carbonyl (C=O) groups excluding carboxylic acids is 1. The largest absolute Gasteiger partial charge is 0.350 e. The van der Waals surface area contributed by atoms with Gasteiger partial charge in [-0.05, 0) is 39.5 Å². The number of nitrogens with one attached hydrogen (secondary N) is 2. The number of amides is 1. The van der Waals surface area contributed by atoms with Crippen LogP contribution < -0.4 is 15.8 Å². The van der Waals surface area contributed by atoms with E-state index in [0.717, 1.165) is 12.8 Å². The zero-order chi connectivity index (χ0) is 17.4. The van der Waals surface area contributed by atoms with E-state index in [9.17, 15) is 13.2 Å². The van der Waals surface area contributed by atoms with E-state index in [1.165, 1.54) is 11.6 Å². The second-order valence-electron chi connectivity index (χ2n) is 6.15. The number of aromatic nitrogens is 2. The van der Waals surface area contributed by atoms with Crippen LogP contribution in [0.15, 0.2) is 4.90 Å². The number of halogens is 1. The molecule has 1 saturated carbocycles. The van der Waals surface area contributed by atoms with Crippen LogP contribution in [0.2, 0.25) is 0 Å². The summed E-state index contributed by atoms with van der Waals surface area (Å²) in [7, 11) is -2.14. The van der Waals surface area contributed by atoms with Crippen molar-refractivity contribution in [2.24, 2.45) is 18.7 Å². The van der Waals surface area contributed by atoms with Crippen LogP contribution in [0.3, 0.4) is 0 Å². The van der Waals surface area contributed by atoms with Gasteiger partial charge in [0, 0.05) is 19.6 Å². The van der Waals surface area contributed by atoms with Gasteiger partial charge in [0.1, 0.15) is 4.90 Å². The molecule has 1 aromatic heterocycles. The third-order valence-corrected chi connectivity index (χ3v) is 6.00. The molecule has 1 aliphatic carbocycles. The number of aryl methyl sites for hydroxylation is 2. The number of sulfonamides is 1. The van der Waals surface area contributed by atoms with Gasteiger partial charge in [0.15, 0.2) is 0 Å². The molecule has 0 bridgehead atoms. The summed E-state index contributed by atoms with van der Waals surface area (Å²) in [5, 5.41) is 6.93. The lowest BCUT2D eigenvalue weighted by Gasteiger charge is -2.20. The van der Waals surface area contributed by atoms with Gasteiger partial charge in [-0.2, -0.15) is 9.82 Å². The van der Waals surface area contributed by atoms with Crippen LogP contribution in [0.4, 0.5) is 0 Å². The van der Waals surface area contributed by atoms with Crippen LogP contribution in [0.5, 0.6) is 0 Å². The zero-order valence-electron chi connectivity index (χ0n) is 14.4. The molecule has 1 fully saturated rings. The molecule has 1 aromatic rings. The van der Waals surface area contributed by atoms with Gasteiger partial charge in [0.05, 0.1) is 17.4 Å². The van der Waals surface area contributed by atoms with Crippen molar-refractivity contribution in [3.05, 3.63) is 11.4 Å². The molecule has 24 heavy (non-hydrogen) atoms. The summed E-state index contributed by atoms with van der Waals surface area (Å²) in [5.74, 6) is 0.0469. The fraction of sp³-hybridized carbons (Fsp3) is 0.714. The molecule has 0 spiro atoms. The number of rotatable bonds is 7. The Hall–Kier alpha value is -1.16. The minimum Gasteiger partial charge on any atom is -0.350 e. The van der Waals surface area contributed by atoms with Crippen molar-refractivity contribution >= 4 is 28.3 Å². The first-order chi connectivity index (χ1) is 10.7. The van der Waals surface area contributed by atoms with Crippen LogP contribution >= 0.6 is 12.4 Å². The molecule has 1 aliphatic rings. The van der Waals surface area contributed by atoms with Crippen LogP contribution in [0.25, 0.3) is 0 Å². The monoisotopic (exact) mass is 379 g/mol. The summed E-state index contributed by atoms with van der Waals surface area (Å²) in [4.78, 5) is 12.3. The summed E-state index contributed by atoms with van der Waals surface area (Å²) < 4.78 is 29.0. The number of hydrogen-bond donors (Lipinski definition) is 3. The SMILES string of the molecule is Cc1nn(C)c(C)c1S(=O)(=O)NC(C)C(=O)NC(CN)C1CC1.Cl. The fourth-order valence-electron chi connectivity index (χ4n) is 2.66. The predicted octanol–water partition coefficient (Wildman–Crippen LogP) is -0.0210. The maximum Gasteiger partial charge on any atom is 0.244 e. The van der Waals surface area contributed by atoms with Crippen molar-refractivity contribution in [2.75, 3.05) is 6.54 Å². The van der Waals surface area contributed by atoms with Gasteiger partial charge in [-0.25, -0.2) is 8.42 Å². The van der Waals surface area contributed by atoms with Gasteiger partial charge in [-0.1, -0.05) is 0 Å². The van der Waals surface area contributed by atoms with Crippen molar-refractivity contribution in [2.45, 2.75) is 50.6 Å². The second-order valence-corrected chi connectivity index (χ2v) is 7.81. The Morgan fingerprint density at radius 3 is 2.42 bits per heavy atom. The van der Waals surface area contributed by atoms with Crippen molar-refractivity contribution < 1.29 is 13.2 Å². The molecule has 0 aliphatic heterocycles. The molecule has 2 atom stereocenters. The Bertz CT molecular complexity index is 700. The first-order valence-electron chi connectivity index (χ1n) is 7.70. The van der Waals surface area contributed by atoms with E-state index >= 15 is 0 Å². The summed E-state index contributed by atoms with van der Waals surface area (Å²) >= 11 is 0. The fourth-order valence-corrected chi connectivity index (χ4v) is 4.30. The molecule has 0 aromatic carbocycles. The Balaban J connectivity index is 0.00000288. The van der Waals surface area contributed by atoms with Crippen molar-refractivity contribution in [1.82, 2.24) is 19.8 Å². The van der Waals surface area contributed by atoms with Gasteiger partial charge in [0.2, 0.25) is 15.9 Å². The highest BCUT2D eigenvalue weighted by atomic mass is 35.5. The molecule has 4 N–H and O–H groups in total. The van der Waals surface area contributed by atoms with E-state index < -0.39 is 16.1 Å². The summed E-state index contributed by atoms with van der Waals surface area (Å²) in [5.41, 5.74) is 6.59. The van der Waals surface area contributed by atoms with Gasteiger partial charge in [-0.15, -0.1) is 12.4 Å². The highest BCUT2D eigenvalue weighted by Gasteiger charge is 2.33. The molecule has 10 heteroatoms. The molecule has 2 rings (SSSR count). The summed E-state index contributed by atoms with van der Waals surface area (Å²) in [6.07, 6.45) is 2.10. The van der Waals surface area contributed by atoms with E-state index in [1.807, 2.05) is 0 Å². The highest BCUT2D eigenvalue weighted by molar-refractivity contribution is 7.89. The number of hydrogen-bond acceptors (Lipinski definition) is 5. The zero-order valence-corrected chi connectivity index (χ0v) is 16.0. The molecule has 8 nitrogen and oxygen atoms in total. The van der Waals surface area contributed by atoms with E-state index in [-0.39, 0.29) is 29.3 Å². The van der Waals surface area contributed by atoms with Gasteiger partial charge >= 0.3 is 0 Å². The normalized spacial score (nSPS) is 17.0. The molecular formula is C14H26ClN5O3S.